The van der Waals surface area contributed by atoms with Crippen molar-refractivity contribution in [1.29, 1.82) is 0 Å². The zero-order valence-electron chi connectivity index (χ0n) is 80.1. The van der Waals surface area contributed by atoms with Gasteiger partial charge in [-0.1, -0.05) is 194 Å². The zero-order chi connectivity index (χ0) is 105. The van der Waals surface area contributed by atoms with E-state index in [1.165, 1.54) is 69.8 Å². The van der Waals surface area contributed by atoms with E-state index in [1.54, 1.807) is 118 Å². The number of methoxy groups -OCH3 is 1. The van der Waals surface area contributed by atoms with Crippen molar-refractivity contribution in [3.63, 3.8) is 0 Å². The Labute approximate surface area is 853 Å². The number of nitrogen functional groups attached to an aromatic ring is 1. The van der Waals surface area contributed by atoms with E-state index in [0.717, 1.165) is 34.5 Å². The SMILES string of the molecule is CC(C)COC(=O)[C@H](C)NP(=O)(Cl)Oc1ccccc1.CCOc1nc(N)nc2c1ncn2C1O[C@](F)(COP(=O)(N[C@@H](C)C(=O)OCC(C)C)Oc2ccccc2)[C@@H](O)[C@@]1(C)F.CCOc1nc(NC(c2ccccc2)(c2ccccc2)c2ccc(OC)cc2)nc2c1ncn2C1O[C@](F)(COP(=O)(N[C@@H](C)C(=O)OCC(C)C)Oc2ccccc2)[C@@H](C)[C@@]1(C)F.O=P(Cl)(Cl)Cl.O=P(Cl)(Cl)Oc1ccccc1. The summed E-state index contributed by atoms with van der Waals surface area (Å²) in [6.07, 6.45) is -7.02. The minimum atomic E-state index is -4.58. The number of halogens is 10. The van der Waals surface area contributed by atoms with E-state index in [0.29, 0.717) is 23.9 Å². The highest BCUT2D eigenvalue weighted by atomic mass is 36.0. The molecule has 778 valence electrons. The third-order valence-corrected chi connectivity index (χ3v) is 26.4. The fraction of sp³-hybridized carbons (Fsp3) is 0.402. The predicted octanol–water partition coefficient (Wildman–Crippen LogP) is 23.1. The summed E-state index contributed by atoms with van der Waals surface area (Å²) in [4.78, 5) is 63.3. The third-order valence-electron chi connectivity index (χ3n) is 20.6. The highest BCUT2D eigenvalue weighted by Gasteiger charge is 2.66. The number of nitrogens with zero attached hydrogens (tertiary/aromatic N) is 8. The molecule has 5 unspecified atom stereocenters. The Morgan fingerprint density at radius 2 is 0.818 bits per heavy atom. The van der Waals surface area contributed by atoms with Crippen LogP contribution in [0.4, 0.5) is 29.5 Å². The molecule has 0 saturated carbocycles. The number of carbonyl (C=O) groups is 3. The summed E-state index contributed by atoms with van der Waals surface area (Å²) in [5.41, 5.74) is 2.24. The largest absolute Gasteiger partial charge is 0.497 e. The maximum absolute atomic E-state index is 17.3. The van der Waals surface area contributed by atoms with Gasteiger partial charge in [-0.15, -0.1) is 0 Å². The highest BCUT2D eigenvalue weighted by Crippen LogP contribution is 2.62. The number of imidazole rings is 2. The second-order valence-electron chi connectivity index (χ2n) is 33.6. The van der Waals surface area contributed by atoms with Gasteiger partial charge in [0.25, 0.3) is 5.85 Å². The molecule has 2 saturated heterocycles. The molecule has 2 fully saturated rings. The molecule has 7 aromatic carbocycles. The van der Waals surface area contributed by atoms with Gasteiger partial charge >= 0.3 is 51.5 Å². The molecule has 0 radical (unpaired) electrons. The summed E-state index contributed by atoms with van der Waals surface area (Å²) >= 11 is 30.0. The lowest BCUT2D eigenvalue weighted by molar-refractivity contribution is -0.202. The van der Waals surface area contributed by atoms with Crippen LogP contribution in [0.1, 0.15) is 126 Å². The second-order valence-corrected chi connectivity index (χ2v) is 50.6. The fourth-order valence-corrected chi connectivity index (χ4v) is 19.2. The van der Waals surface area contributed by atoms with Gasteiger partial charge in [-0.3, -0.25) is 37.1 Å². The third kappa shape index (κ3) is 33.5. The standard InChI is InChI=1S/C47H53F2N6O8P.C26H35F2N6O8P.C13H19ClNO4P.C6H5Cl2O2P.Cl3OP/c1-8-59-41-39-40(51-44(52-41)53-47(34-18-12-9-13-19-34,35-20-14-10-15-21-35)36-24-26-37(58-7)27-25-36)55(30-50-39)43-45(6,48)33(5)46(49,62-43)29-61-64(57,63-38-22-16-11-17-23-38)54-32(4)42(56)60-28-31(2)3;1-6-38-20-18-19(31-24(29)32-20)34(14-30-18)23-25(5,27)22(36)26(28,41-23)13-40-43(37,42-17-10-8-7-9-11-17)33-16(4)21(35)39-12-15(2)3;1-10(2)9-18-13(16)11(3)15-20(14,17)19-12-7-5-4-6-8-12;7-11(8,9)10-6-4-2-1-3-5-6;1-5(2,3)4/h9-27,30-33,43H,8,28-29H2,1-7H3,(H,54,57)(H,51,52,53);7-11,14-16,22-23,36H,6,12-13H2,1-5H3,(H,33,37)(H2,29,31,32);4-8,10-11H,9H2,1-3H3,(H,15,17);1-5H;/t32-,33-,43?,45+,46+,64?;16-,22-,23?,25+,26+,43?;11-,20?;;/m000../s1. The van der Waals surface area contributed by atoms with Crippen LogP contribution < -0.4 is 58.6 Å². The number of aliphatic hydroxyl groups is 1. The molecule has 0 aliphatic carbocycles. The van der Waals surface area contributed by atoms with Crippen molar-refractivity contribution in [3.8, 4) is 40.5 Å². The number of esters is 3. The first kappa shape index (κ1) is 117. The van der Waals surface area contributed by atoms with Crippen LogP contribution in [-0.4, -0.2) is 163 Å². The van der Waals surface area contributed by atoms with E-state index in [4.69, 9.17) is 110 Å². The van der Waals surface area contributed by atoms with Crippen LogP contribution in [-0.2, 0) is 75.5 Å². The van der Waals surface area contributed by atoms with E-state index in [2.05, 4.69) is 78.8 Å². The number of nitrogens with two attached hydrogens (primary N) is 1. The number of aromatic nitrogens is 8. The number of aliphatic hydroxyl groups excluding tert-OH is 1. The van der Waals surface area contributed by atoms with Crippen LogP contribution in [0.25, 0.3) is 22.3 Å². The van der Waals surface area contributed by atoms with Crippen molar-refractivity contribution < 1.29 is 125 Å². The normalized spacial score (nSPS) is 20.7. The van der Waals surface area contributed by atoms with Crippen molar-refractivity contribution in [2.24, 2.45) is 23.7 Å². The molecule has 0 spiro atoms. The van der Waals surface area contributed by atoms with Crippen molar-refractivity contribution in [2.45, 2.75) is 162 Å². The average Bonchev–Trinajstić information content (AvgIpc) is 1.68. The molecule has 51 heteroatoms. The van der Waals surface area contributed by atoms with E-state index in [-0.39, 0.29) is 102 Å². The molecular formula is C92H112Cl6F4N13O23P5. The zero-order valence-corrected chi connectivity index (χ0v) is 89.1. The van der Waals surface area contributed by atoms with Crippen LogP contribution in [0.2, 0.25) is 0 Å². The minimum Gasteiger partial charge on any atom is -0.497 e. The Kier molecular flexibility index (Phi) is 42.4. The van der Waals surface area contributed by atoms with E-state index in [9.17, 15) is 42.3 Å². The number of fused-ring (bicyclic) bond motifs is 2. The molecule has 6 heterocycles. The molecule has 0 bridgehead atoms. The van der Waals surface area contributed by atoms with Crippen molar-refractivity contribution in [2.75, 3.05) is 64.4 Å². The van der Waals surface area contributed by atoms with Gasteiger partial charge < -0.3 is 72.1 Å². The average molecular weight is 2210 g/mol. The first-order valence-corrected chi connectivity index (χ1v) is 57.8. The number of nitrogens with one attached hydrogen (secondary N) is 4. The van der Waals surface area contributed by atoms with Gasteiger partial charge in [-0.05, 0) is 177 Å². The predicted molar refractivity (Wildman–Crippen MR) is 537 cm³/mol. The quantitative estimate of drug-likeness (QED) is 0.00681. The molecule has 14 atom stereocenters. The Morgan fingerprint density at radius 1 is 0.476 bits per heavy atom. The van der Waals surface area contributed by atoms with Crippen molar-refractivity contribution in [1.82, 2.24) is 54.3 Å². The lowest BCUT2D eigenvalue weighted by Crippen LogP contribution is -2.47. The number of rotatable bonds is 41. The number of para-hydroxylation sites is 4. The number of carbonyl (C=O) groups excluding carboxylic acids is 3. The van der Waals surface area contributed by atoms with Crippen LogP contribution in [0.3, 0.4) is 0 Å². The lowest BCUT2D eigenvalue weighted by Gasteiger charge is -2.37. The van der Waals surface area contributed by atoms with E-state index >= 15 is 17.6 Å². The van der Waals surface area contributed by atoms with E-state index in [1.807, 2.05) is 126 Å². The van der Waals surface area contributed by atoms with Gasteiger partial charge in [0.05, 0.1) is 58.7 Å². The second kappa shape index (κ2) is 51.7. The lowest BCUT2D eigenvalue weighted by atomic mass is 9.77. The topological polar surface area (TPSA) is 447 Å². The number of ether oxygens (including phenoxy) is 8. The fourth-order valence-electron chi connectivity index (χ4n) is 13.7. The maximum Gasteiger partial charge on any atom is 0.459 e. The molecule has 13 rings (SSSR count). The Hall–Kier alpha value is -9.46. The van der Waals surface area contributed by atoms with Crippen LogP contribution >= 0.6 is 101 Å². The summed E-state index contributed by atoms with van der Waals surface area (Å²) < 4.78 is 206. The first-order valence-electron chi connectivity index (χ1n) is 44.3. The molecular weight excluding hydrogens is 2100 g/mol. The number of hydrogen-bond acceptors (Lipinski definition) is 31. The minimum absolute atomic E-state index is 0.0174. The van der Waals surface area contributed by atoms with Crippen LogP contribution in [0, 0.1) is 23.7 Å². The van der Waals surface area contributed by atoms with Gasteiger partial charge in [-0.2, -0.15) is 30.1 Å². The molecule has 4 aromatic heterocycles. The maximum atomic E-state index is 17.3. The smallest absolute Gasteiger partial charge is 0.459 e. The summed E-state index contributed by atoms with van der Waals surface area (Å²) in [7, 11) is -7.55. The molecule has 11 aromatic rings. The Morgan fingerprint density at radius 3 is 1.20 bits per heavy atom. The summed E-state index contributed by atoms with van der Waals surface area (Å²) in [6.45, 7) is 17.4. The molecule has 36 nitrogen and oxygen atoms in total. The number of benzene rings is 7. The molecule has 2 aliphatic heterocycles. The molecule has 2 aliphatic rings. The van der Waals surface area contributed by atoms with Crippen LogP contribution in [0.5, 0.6) is 40.5 Å². The van der Waals surface area contributed by atoms with Gasteiger partial charge in [0, 0.05) is 33.7 Å². The Bertz CT molecular complexity index is 6180. The van der Waals surface area contributed by atoms with Crippen LogP contribution in [0.15, 0.2) is 219 Å². The summed E-state index contributed by atoms with van der Waals surface area (Å²) in [5.74, 6) is -7.83. The summed E-state index contributed by atoms with van der Waals surface area (Å²) in [5, 5.41) is 18.6. The van der Waals surface area contributed by atoms with Gasteiger partial charge in [0.1, 0.15) is 65.6 Å². The molecule has 7 N–H and O–H groups in total. The van der Waals surface area contributed by atoms with Gasteiger partial charge in [0.15, 0.2) is 52.2 Å². The van der Waals surface area contributed by atoms with E-state index < -0.39 is 136 Å². The van der Waals surface area contributed by atoms with Crippen molar-refractivity contribution in [3.05, 3.63) is 236 Å². The highest BCUT2D eigenvalue weighted by molar-refractivity contribution is 8.24. The van der Waals surface area contributed by atoms with Gasteiger partial charge in [0.2, 0.25) is 29.5 Å². The van der Waals surface area contributed by atoms with Crippen molar-refractivity contribution >= 4 is 153 Å². The molecule has 0 amide bonds. The first-order chi connectivity index (χ1) is 67.2. The number of anilines is 2. The Balaban J connectivity index is 0.000000245. The number of hydrogen-bond donors (Lipinski definition) is 6. The molecule has 143 heavy (non-hydrogen) atoms. The number of alkyl halides is 4. The van der Waals surface area contributed by atoms with Gasteiger partial charge in [-0.25, -0.2) is 50.9 Å². The monoisotopic (exact) mass is 2210 g/mol. The summed E-state index contributed by atoms with van der Waals surface area (Å²) in [6, 6.07) is 56.7.